The van der Waals surface area contributed by atoms with Gasteiger partial charge in [0.05, 0.1) is 24.6 Å². The second-order valence-corrected chi connectivity index (χ2v) is 11.3. The van der Waals surface area contributed by atoms with E-state index < -0.39 is 23.0 Å². The normalized spacial score (nSPS) is 14.5. The zero-order chi connectivity index (χ0) is 30.8. The number of para-hydroxylation sites is 1. The molecule has 9 heteroatoms. The fourth-order valence-corrected chi connectivity index (χ4v) is 6.09. The minimum atomic E-state index is -0.962. The average Bonchev–Trinajstić information content (AvgIpc) is 3.47. The molecule has 1 aliphatic heterocycles. The van der Waals surface area contributed by atoms with Crippen molar-refractivity contribution in [3.8, 4) is 28.1 Å². The number of methoxy groups -OCH3 is 1. The van der Waals surface area contributed by atoms with Crippen LogP contribution in [0.5, 0.6) is 5.75 Å². The average molecular weight is 596 g/mol. The first-order valence-electron chi connectivity index (χ1n) is 14.4. The lowest BCUT2D eigenvalue weighted by Crippen LogP contribution is -2.48. The van der Waals surface area contributed by atoms with Gasteiger partial charge in [-0.15, -0.1) is 0 Å². The number of hydrogen-bond donors (Lipinski definition) is 2. The summed E-state index contributed by atoms with van der Waals surface area (Å²) in [5.74, 6) is -2.23. The van der Waals surface area contributed by atoms with Crippen LogP contribution in [-0.2, 0) is 27.2 Å². The lowest BCUT2D eigenvalue weighted by atomic mass is 9.73. The second-order valence-electron chi connectivity index (χ2n) is 11.3. The Morgan fingerprint density at radius 2 is 1.68 bits per heavy atom. The number of pyridine rings is 1. The summed E-state index contributed by atoms with van der Waals surface area (Å²) in [5.41, 5.74) is 4.30. The number of benzene rings is 3. The van der Waals surface area contributed by atoms with Gasteiger partial charge in [-0.2, -0.15) is 0 Å². The number of aromatic hydroxyl groups is 1. The van der Waals surface area contributed by atoms with Crippen LogP contribution in [0.2, 0.25) is 0 Å². The Labute approximate surface area is 253 Å². The molecule has 2 N–H and O–H groups in total. The third kappa shape index (κ3) is 5.65. The van der Waals surface area contributed by atoms with E-state index in [2.05, 4.69) is 9.97 Å². The van der Waals surface area contributed by atoms with E-state index in [0.717, 1.165) is 39.9 Å². The number of phenolic OH excluding ortho intramolecular Hbond substituents is 1. The molecule has 0 unspecified atom stereocenters. The van der Waals surface area contributed by atoms with Crippen molar-refractivity contribution in [1.29, 1.82) is 0 Å². The van der Waals surface area contributed by atoms with Crippen LogP contribution in [0.1, 0.15) is 24.0 Å². The van der Waals surface area contributed by atoms with Crippen LogP contribution in [0.25, 0.3) is 33.3 Å². The van der Waals surface area contributed by atoms with Gasteiger partial charge >= 0.3 is 5.97 Å². The van der Waals surface area contributed by atoms with Gasteiger partial charge in [-0.3, -0.25) is 14.6 Å². The SMILES string of the molecule is COC(=O)C1(Cc2ccc(F)c(F)c2)CCN(C(=O)Cc2ccc(-c3cccc(-c4cc5cnccc5[nH]4)c3O)cc2)CC1. The molecule has 224 valence electrons. The number of likely N-dealkylation sites (tertiary alicyclic amines) is 1. The van der Waals surface area contributed by atoms with Crippen molar-refractivity contribution in [3.05, 3.63) is 108 Å². The summed E-state index contributed by atoms with van der Waals surface area (Å²) in [6, 6.07) is 20.6. The van der Waals surface area contributed by atoms with E-state index in [9.17, 15) is 23.5 Å². The maximum atomic E-state index is 13.8. The number of aromatic amines is 1. The zero-order valence-electron chi connectivity index (χ0n) is 24.1. The molecule has 6 rings (SSSR count). The predicted molar refractivity (Wildman–Crippen MR) is 163 cm³/mol. The van der Waals surface area contributed by atoms with E-state index in [1.54, 1.807) is 17.3 Å². The standard InChI is InChI=1S/C35H31F2N3O4/c1-44-34(43)35(20-23-7-10-28(36)29(37)17-23)12-15-40(16-13-35)32(41)18-22-5-8-24(9-6-22)26-3-2-4-27(33(26)42)31-19-25-21-38-14-11-30(25)39-31/h2-11,14,17,19,21,39,42H,12-13,15-16,18,20H2,1H3. The molecule has 0 radical (unpaired) electrons. The summed E-state index contributed by atoms with van der Waals surface area (Å²) in [7, 11) is 1.31. The highest BCUT2D eigenvalue weighted by Gasteiger charge is 2.43. The van der Waals surface area contributed by atoms with Gasteiger partial charge in [-0.05, 0) is 66.3 Å². The summed E-state index contributed by atoms with van der Waals surface area (Å²) < 4.78 is 32.3. The molecule has 0 spiro atoms. The van der Waals surface area contributed by atoms with Gasteiger partial charge in [-0.1, -0.05) is 42.5 Å². The number of aromatic nitrogens is 2. The molecule has 1 aliphatic rings. The summed E-state index contributed by atoms with van der Waals surface area (Å²) in [5, 5.41) is 12.1. The molecule has 5 aromatic rings. The molecule has 1 fully saturated rings. The third-order valence-electron chi connectivity index (χ3n) is 8.59. The molecule has 7 nitrogen and oxygen atoms in total. The molecule has 3 heterocycles. The number of amides is 1. The number of fused-ring (bicyclic) bond motifs is 1. The zero-order valence-corrected chi connectivity index (χ0v) is 24.1. The van der Waals surface area contributed by atoms with Crippen LogP contribution < -0.4 is 0 Å². The predicted octanol–water partition coefficient (Wildman–Crippen LogP) is 6.45. The Kier molecular flexibility index (Phi) is 7.86. The molecule has 0 aliphatic carbocycles. The van der Waals surface area contributed by atoms with E-state index >= 15 is 0 Å². The molecule has 0 saturated carbocycles. The van der Waals surface area contributed by atoms with Gasteiger partial charge in [0.15, 0.2) is 11.6 Å². The van der Waals surface area contributed by atoms with Crippen molar-refractivity contribution in [2.45, 2.75) is 25.7 Å². The Bertz CT molecular complexity index is 1810. The van der Waals surface area contributed by atoms with Crippen molar-refractivity contribution in [2.75, 3.05) is 20.2 Å². The lowest BCUT2D eigenvalue weighted by Gasteiger charge is -2.40. The van der Waals surface area contributed by atoms with Crippen LogP contribution in [0, 0.1) is 17.0 Å². The van der Waals surface area contributed by atoms with Gasteiger partial charge in [0.2, 0.25) is 5.91 Å². The number of halogens is 2. The first-order chi connectivity index (χ1) is 21.3. The van der Waals surface area contributed by atoms with Crippen LogP contribution in [0.3, 0.4) is 0 Å². The monoisotopic (exact) mass is 595 g/mol. The van der Waals surface area contributed by atoms with Crippen molar-refractivity contribution in [3.63, 3.8) is 0 Å². The number of H-pyrrole nitrogens is 1. The highest BCUT2D eigenvalue weighted by atomic mass is 19.2. The van der Waals surface area contributed by atoms with Crippen molar-refractivity contribution < 1.29 is 28.2 Å². The number of esters is 1. The molecule has 44 heavy (non-hydrogen) atoms. The minimum absolute atomic E-state index is 0.0674. The molecule has 1 saturated heterocycles. The summed E-state index contributed by atoms with van der Waals surface area (Å²) in [4.78, 5) is 35.2. The number of hydrogen-bond acceptors (Lipinski definition) is 5. The van der Waals surface area contributed by atoms with Gasteiger partial charge in [0.25, 0.3) is 0 Å². The van der Waals surface area contributed by atoms with Gasteiger partial charge in [-0.25, -0.2) is 8.78 Å². The van der Waals surface area contributed by atoms with Crippen LogP contribution in [0.4, 0.5) is 8.78 Å². The highest BCUT2D eigenvalue weighted by molar-refractivity contribution is 5.89. The molecule has 1 amide bonds. The molecule has 0 atom stereocenters. The van der Waals surface area contributed by atoms with Crippen molar-refractivity contribution in [1.82, 2.24) is 14.9 Å². The van der Waals surface area contributed by atoms with Crippen LogP contribution in [-0.4, -0.2) is 52.1 Å². The first kappa shape index (κ1) is 29.0. The fraction of sp³-hybridized carbons (Fsp3) is 0.229. The van der Waals surface area contributed by atoms with Crippen molar-refractivity contribution in [2.24, 2.45) is 5.41 Å². The maximum absolute atomic E-state index is 13.8. The third-order valence-corrected chi connectivity index (χ3v) is 8.59. The Hall–Kier alpha value is -5.05. The number of carbonyl (C=O) groups is 2. The molecule has 3 aromatic carbocycles. The Balaban J connectivity index is 1.12. The van der Waals surface area contributed by atoms with Gasteiger partial charge < -0.3 is 19.7 Å². The maximum Gasteiger partial charge on any atom is 0.312 e. The van der Waals surface area contributed by atoms with Gasteiger partial charge in [0.1, 0.15) is 5.75 Å². The van der Waals surface area contributed by atoms with E-state index in [0.29, 0.717) is 42.6 Å². The topological polar surface area (TPSA) is 95.5 Å². The van der Waals surface area contributed by atoms with E-state index in [4.69, 9.17) is 4.74 Å². The van der Waals surface area contributed by atoms with Crippen molar-refractivity contribution >= 4 is 22.8 Å². The molecular formula is C35H31F2N3O4. The minimum Gasteiger partial charge on any atom is -0.507 e. The van der Waals surface area contributed by atoms with E-state index in [1.807, 2.05) is 54.6 Å². The smallest absolute Gasteiger partial charge is 0.312 e. The number of nitrogens with one attached hydrogen (secondary N) is 1. The quantitative estimate of drug-likeness (QED) is 0.211. The number of ether oxygens (including phenoxy) is 1. The number of phenols is 1. The Morgan fingerprint density at radius 1 is 0.955 bits per heavy atom. The summed E-state index contributed by atoms with van der Waals surface area (Å²) in [6.45, 7) is 0.695. The molecule has 0 bridgehead atoms. The molecular weight excluding hydrogens is 564 g/mol. The van der Waals surface area contributed by atoms with Crippen LogP contribution in [0.15, 0.2) is 85.2 Å². The first-order valence-corrected chi connectivity index (χ1v) is 14.4. The number of piperidine rings is 1. The second kappa shape index (κ2) is 11.9. The largest absolute Gasteiger partial charge is 0.507 e. The fourth-order valence-electron chi connectivity index (χ4n) is 6.09. The van der Waals surface area contributed by atoms with Crippen LogP contribution >= 0.6 is 0 Å². The molecule has 2 aromatic heterocycles. The van der Waals surface area contributed by atoms with Gasteiger partial charge in [0, 0.05) is 47.5 Å². The number of nitrogens with zero attached hydrogens (tertiary/aromatic N) is 2. The van der Waals surface area contributed by atoms with E-state index in [1.165, 1.54) is 13.2 Å². The highest BCUT2D eigenvalue weighted by Crippen LogP contribution is 2.39. The summed E-state index contributed by atoms with van der Waals surface area (Å²) in [6.07, 6.45) is 4.57. The number of carbonyl (C=O) groups excluding carboxylic acids is 2. The van der Waals surface area contributed by atoms with E-state index in [-0.39, 0.29) is 24.5 Å². The Morgan fingerprint density at radius 3 is 2.39 bits per heavy atom. The number of rotatable bonds is 7. The lowest BCUT2D eigenvalue weighted by molar-refractivity contribution is -0.157. The summed E-state index contributed by atoms with van der Waals surface area (Å²) >= 11 is 0.